The van der Waals surface area contributed by atoms with Gasteiger partial charge in [0.25, 0.3) is 0 Å². The van der Waals surface area contributed by atoms with E-state index < -0.39 is 0 Å². The summed E-state index contributed by atoms with van der Waals surface area (Å²) in [4.78, 5) is 19.3. The van der Waals surface area contributed by atoms with Crippen LogP contribution in [-0.4, -0.2) is 33.4 Å². The van der Waals surface area contributed by atoms with E-state index in [1.807, 2.05) is 31.2 Å². The molecule has 3 rings (SSSR count). The van der Waals surface area contributed by atoms with E-state index in [1.54, 1.807) is 7.11 Å². The smallest absolute Gasteiger partial charge is 0.328 e. The molecule has 0 amide bonds. The molecule has 3 aromatic rings. The molecule has 0 fully saturated rings. The molecule has 0 unspecified atom stereocenters. The Morgan fingerprint density at radius 3 is 2.67 bits per heavy atom. The molecule has 0 spiro atoms. The highest BCUT2D eigenvalue weighted by Crippen LogP contribution is 2.35. The largest absolute Gasteiger partial charge is 0.497 e. The Bertz CT molecular complexity index is 911. The zero-order chi connectivity index (χ0) is 17.3. The Labute approximate surface area is 143 Å². The van der Waals surface area contributed by atoms with Crippen LogP contribution < -0.4 is 10.4 Å². The maximum atomic E-state index is 12.4. The molecule has 0 saturated heterocycles. The minimum Gasteiger partial charge on any atom is -0.497 e. The van der Waals surface area contributed by atoms with Crippen molar-refractivity contribution in [1.29, 1.82) is 0 Å². The summed E-state index contributed by atoms with van der Waals surface area (Å²) in [7, 11) is 1.60. The number of methoxy groups -OCH3 is 1. The third kappa shape index (κ3) is 2.68. The van der Waals surface area contributed by atoms with Gasteiger partial charge >= 0.3 is 5.69 Å². The molecule has 2 heterocycles. The summed E-state index contributed by atoms with van der Waals surface area (Å²) >= 11 is 6.40. The van der Waals surface area contributed by atoms with Crippen LogP contribution in [0.3, 0.4) is 0 Å². The van der Waals surface area contributed by atoms with Gasteiger partial charge in [0.15, 0.2) is 5.65 Å². The topological polar surface area (TPSA) is 80.1 Å². The predicted octanol–water partition coefficient (Wildman–Crippen LogP) is 3.00. The number of aliphatic hydroxyl groups is 1. The van der Waals surface area contributed by atoms with Crippen molar-refractivity contribution in [1.82, 2.24) is 14.5 Å². The molecule has 6 nitrogen and oxygen atoms in total. The second kappa shape index (κ2) is 6.67. The second-order valence-electron chi connectivity index (χ2n) is 5.45. The molecule has 0 aliphatic rings. The van der Waals surface area contributed by atoms with Crippen LogP contribution in [0.25, 0.3) is 22.3 Å². The van der Waals surface area contributed by atoms with Crippen LogP contribution in [0, 0.1) is 0 Å². The summed E-state index contributed by atoms with van der Waals surface area (Å²) < 4.78 is 6.72. The average molecular weight is 348 g/mol. The van der Waals surface area contributed by atoms with Crippen molar-refractivity contribution in [3.63, 3.8) is 0 Å². The Kier molecular flexibility index (Phi) is 4.59. The summed E-state index contributed by atoms with van der Waals surface area (Å²) in [5.41, 5.74) is 2.28. The molecule has 126 valence electrons. The number of aromatic amines is 1. The number of pyridine rings is 1. The molecule has 0 aliphatic heterocycles. The van der Waals surface area contributed by atoms with Crippen LogP contribution in [0.5, 0.6) is 5.75 Å². The predicted molar refractivity (Wildman–Crippen MR) is 93.8 cm³/mol. The quantitative estimate of drug-likeness (QED) is 0.743. The van der Waals surface area contributed by atoms with Crippen molar-refractivity contribution in [2.24, 2.45) is 0 Å². The van der Waals surface area contributed by atoms with Gasteiger partial charge < -0.3 is 9.84 Å². The lowest BCUT2D eigenvalue weighted by Crippen LogP contribution is -2.24. The van der Waals surface area contributed by atoms with Gasteiger partial charge in [0.05, 0.1) is 30.3 Å². The fourth-order valence-corrected chi connectivity index (χ4v) is 3.09. The van der Waals surface area contributed by atoms with Gasteiger partial charge in [0.2, 0.25) is 0 Å². The van der Waals surface area contributed by atoms with E-state index in [0.29, 0.717) is 28.2 Å². The fraction of sp³-hybridized carbons (Fsp3) is 0.294. The summed E-state index contributed by atoms with van der Waals surface area (Å²) in [6.07, 6.45) is 2.13. The van der Waals surface area contributed by atoms with Gasteiger partial charge in [-0.25, -0.2) is 9.78 Å². The molecular weight excluding hydrogens is 330 g/mol. The Morgan fingerprint density at radius 1 is 1.38 bits per heavy atom. The molecule has 0 bridgehead atoms. The average Bonchev–Trinajstić information content (AvgIpc) is 2.93. The van der Waals surface area contributed by atoms with Gasteiger partial charge in [-0.2, -0.15) is 0 Å². The molecule has 24 heavy (non-hydrogen) atoms. The molecule has 7 heteroatoms. The number of rotatable bonds is 5. The van der Waals surface area contributed by atoms with E-state index >= 15 is 0 Å². The van der Waals surface area contributed by atoms with Crippen molar-refractivity contribution >= 4 is 22.8 Å². The first kappa shape index (κ1) is 16.5. The molecule has 2 aromatic heterocycles. The first-order valence-corrected chi connectivity index (χ1v) is 8.02. The third-order valence-corrected chi connectivity index (χ3v) is 4.40. The normalized spacial score (nSPS) is 12.5. The van der Waals surface area contributed by atoms with Gasteiger partial charge in [0, 0.05) is 11.8 Å². The zero-order valence-electron chi connectivity index (χ0n) is 13.4. The number of ether oxygens (including phenoxy) is 1. The number of nitrogens with one attached hydrogen (secondary N) is 1. The van der Waals surface area contributed by atoms with Crippen molar-refractivity contribution in [2.45, 2.75) is 19.4 Å². The number of fused-ring (bicyclic) bond motifs is 1. The Hall–Kier alpha value is -2.31. The molecule has 1 atom stereocenters. The zero-order valence-corrected chi connectivity index (χ0v) is 14.2. The highest BCUT2D eigenvalue weighted by molar-refractivity contribution is 6.34. The number of benzene rings is 1. The molecule has 0 aliphatic carbocycles. The van der Waals surface area contributed by atoms with Gasteiger partial charge in [-0.05, 0) is 24.1 Å². The number of aliphatic hydroxyl groups excluding tert-OH is 1. The SMILES string of the molecule is CC[C@@H](CO)n1c(=O)[nH]c2ncc(Cl)c(-c3ccc(OC)cc3)c21. The van der Waals surface area contributed by atoms with Crippen LogP contribution in [0.2, 0.25) is 5.02 Å². The number of aromatic nitrogens is 3. The molecule has 0 radical (unpaired) electrons. The monoisotopic (exact) mass is 347 g/mol. The summed E-state index contributed by atoms with van der Waals surface area (Å²) in [5.74, 6) is 0.730. The molecule has 2 N–H and O–H groups in total. The van der Waals surface area contributed by atoms with E-state index in [1.165, 1.54) is 10.8 Å². The number of H-pyrrole nitrogens is 1. The first-order chi connectivity index (χ1) is 11.6. The van der Waals surface area contributed by atoms with Crippen molar-refractivity contribution < 1.29 is 9.84 Å². The highest BCUT2D eigenvalue weighted by Gasteiger charge is 2.21. The summed E-state index contributed by atoms with van der Waals surface area (Å²) in [5, 5.41) is 10.1. The minimum atomic E-state index is -0.344. The van der Waals surface area contributed by atoms with E-state index in [-0.39, 0.29) is 18.3 Å². The van der Waals surface area contributed by atoms with E-state index in [0.717, 1.165) is 11.3 Å². The molecule has 0 saturated carbocycles. The number of imidazole rings is 1. The third-order valence-electron chi connectivity index (χ3n) is 4.12. The van der Waals surface area contributed by atoms with E-state index in [2.05, 4.69) is 9.97 Å². The van der Waals surface area contributed by atoms with Gasteiger partial charge in [-0.15, -0.1) is 0 Å². The van der Waals surface area contributed by atoms with Crippen LogP contribution in [-0.2, 0) is 0 Å². The lowest BCUT2D eigenvalue weighted by Gasteiger charge is -2.16. The molecule has 1 aromatic carbocycles. The lowest BCUT2D eigenvalue weighted by atomic mass is 10.0. The van der Waals surface area contributed by atoms with Crippen LogP contribution in [0.4, 0.5) is 0 Å². The maximum Gasteiger partial charge on any atom is 0.328 e. The van der Waals surface area contributed by atoms with Crippen LogP contribution >= 0.6 is 11.6 Å². The van der Waals surface area contributed by atoms with Crippen molar-refractivity contribution in [3.05, 3.63) is 46.0 Å². The highest BCUT2D eigenvalue weighted by atomic mass is 35.5. The Morgan fingerprint density at radius 2 is 2.08 bits per heavy atom. The summed E-state index contributed by atoms with van der Waals surface area (Å²) in [6, 6.07) is 7.07. The fourth-order valence-electron chi connectivity index (χ4n) is 2.84. The number of hydrogen-bond donors (Lipinski definition) is 2. The van der Waals surface area contributed by atoms with Gasteiger partial charge in [0.1, 0.15) is 5.75 Å². The van der Waals surface area contributed by atoms with E-state index in [9.17, 15) is 9.90 Å². The van der Waals surface area contributed by atoms with Crippen molar-refractivity contribution in [2.75, 3.05) is 13.7 Å². The van der Waals surface area contributed by atoms with Crippen LogP contribution in [0.1, 0.15) is 19.4 Å². The van der Waals surface area contributed by atoms with Crippen LogP contribution in [0.15, 0.2) is 35.3 Å². The molecular formula is C17H18ClN3O3. The maximum absolute atomic E-state index is 12.4. The van der Waals surface area contributed by atoms with E-state index in [4.69, 9.17) is 16.3 Å². The first-order valence-electron chi connectivity index (χ1n) is 7.64. The van der Waals surface area contributed by atoms with Gasteiger partial charge in [-0.3, -0.25) is 9.55 Å². The Balaban J connectivity index is 2.33. The minimum absolute atomic E-state index is 0.141. The lowest BCUT2D eigenvalue weighted by molar-refractivity contribution is 0.225. The number of hydrogen-bond acceptors (Lipinski definition) is 4. The number of nitrogens with zero attached hydrogens (tertiary/aromatic N) is 2. The standard InChI is InChI=1S/C17H18ClN3O3/c1-3-11(9-22)21-15-14(10-4-6-12(24-2)7-5-10)13(18)8-19-16(15)20-17(21)23/h4-8,11,22H,3,9H2,1-2H3,(H,19,20,23)/t11-/m0/s1. The van der Waals surface area contributed by atoms with Gasteiger partial charge in [-0.1, -0.05) is 30.7 Å². The summed E-state index contributed by atoms with van der Waals surface area (Å²) in [6.45, 7) is 1.77. The van der Waals surface area contributed by atoms with Crippen molar-refractivity contribution in [3.8, 4) is 16.9 Å². The second-order valence-corrected chi connectivity index (χ2v) is 5.86. The number of halogens is 1.